The molecular weight excluding hydrogens is 243 g/mol. The monoisotopic (exact) mass is 254 g/mol. The number of esters is 1. The Balaban J connectivity index is 0.000000180. The Morgan fingerprint density at radius 3 is 2.21 bits per heavy atom. The second kappa shape index (κ2) is 6.36. The first-order chi connectivity index (χ1) is 9.31. The molecule has 3 heteroatoms. The fourth-order valence-corrected chi connectivity index (χ4v) is 1.46. The Bertz CT molecular complexity index is 607. The second-order valence-corrected chi connectivity index (χ2v) is 3.79. The van der Waals surface area contributed by atoms with Crippen molar-refractivity contribution in [1.29, 1.82) is 0 Å². The number of halogens is 1. The third kappa shape index (κ3) is 3.97. The standard InChI is InChI=1S/C10H7FO2.C6H4/c11-7-4-8-13-10(12)9-5-2-1-3-6-9;1-2-5-4-6(5)3-1/h1-3,5-6H,8H2;1-4H. The van der Waals surface area contributed by atoms with Crippen molar-refractivity contribution in [1.82, 2.24) is 0 Å². The third-order valence-corrected chi connectivity index (χ3v) is 2.46. The van der Waals surface area contributed by atoms with E-state index in [0.29, 0.717) is 5.56 Å². The molecule has 0 unspecified atom stereocenters. The van der Waals surface area contributed by atoms with Gasteiger partial charge in [-0.1, -0.05) is 36.4 Å². The molecule has 0 heterocycles. The Kier molecular flexibility index (Phi) is 4.30. The van der Waals surface area contributed by atoms with E-state index in [1.807, 2.05) is 5.92 Å². The lowest BCUT2D eigenvalue weighted by molar-refractivity contribution is 0.0556. The van der Waals surface area contributed by atoms with E-state index >= 15 is 0 Å². The predicted octanol–water partition coefficient (Wildman–Crippen LogP) is 3.44. The summed E-state index contributed by atoms with van der Waals surface area (Å²) in [6.45, 7) is -0.218. The maximum atomic E-state index is 11.3. The molecule has 0 fully saturated rings. The van der Waals surface area contributed by atoms with Crippen molar-refractivity contribution in [2.24, 2.45) is 0 Å². The van der Waals surface area contributed by atoms with Gasteiger partial charge < -0.3 is 4.74 Å². The quantitative estimate of drug-likeness (QED) is 0.517. The molecule has 0 aliphatic heterocycles. The molecule has 0 saturated carbocycles. The highest BCUT2D eigenvalue weighted by molar-refractivity contribution is 5.89. The van der Waals surface area contributed by atoms with Crippen LogP contribution in [0.5, 0.6) is 0 Å². The van der Waals surface area contributed by atoms with Crippen molar-refractivity contribution in [3.8, 4) is 23.2 Å². The SMILES string of the molecule is O=C(OCC#CF)c1ccccc1.c1cc2cc-2c1. The number of carbonyl (C=O) groups is 1. The number of benzene rings is 2. The predicted molar refractivity (Wildman–Crippen MR) is 71.0 cm³/mol. The van der Waals surface area contributed by atoms with Gasteiger partial charge in [-0.25, -0.2) is 4.79 Å². The van der Waals surface area contributed by atoms with Gasteiger partial charge >= 0.3 is 5.97 Å². The molecule has 0 radical (unpaired) electrons. The Labute approximate surface area is 110 Å². The van der Waals surface area contributed by atoms with Crippen molar-refractivity contribution in [2.45, 2.75) is 0 Å². The zero-order valence-electron chi connectivity index (χ0n) is 10.1. The summed E-state index contributed by atoms with van der Waals surface area (Å²) in [6.07, 6.45) is 1.15. The van der Waals surface area contributed by atoms with E-state index in [2.05, 4.69) is 29.0 Å². The van der Waals surface area contributed by atoms with Crippen LogP contribution in [0.2, 0.25) is 0 Å². The molecule has 19 heavy (non-hydrogen) atoms. The smallest absolute Gasteiger partial charge is 0.339 e. The highest BCUT2D eigenvalue weighted by Crippen LogP contribution is 2.32. The van der Waals surface area contributed by atoms with Gasteiger partial charge in [-0.15, -0.1) is 4.39 Å². The number of fused-ring (bicyclic) bond motifs is 1. The van der Waals surface area contributed by atoms with Gasteiger partial charge in [-0.05, 0) is 35.2 Å². The lowest BCUT2D eigenvalue weighted by Gasteiger charge is -1.98. The van der Waals surface area contributed by atoms with Crippen LogP contribution in [0.1, 0.15) is 10.4 Å². The molecule has 0 saturated heterocycles. The number of hydrogen-bond donors (Lipinski definition) is 0. The minimum Gasteiger partial charge on any atom is -0.449 e. The van der Waals surface area contributed by atoms with E-state index in [1.165, 1.54) is 11.1 Å². The van der Waals surface area contributed by atoms with Crippen LogP contribution in [0.4, 0.5) is 4.39 Å². The molecule has 1 aromatic rings. The largest absolute Gasteiger partial charge is 0.449 e. The second-order valence-electron chi connectivity index (χ2n) is 3.79. The summed E-state index contributed by atoms with van der Waals surface area (Å²) in [6, 6.07) is 16.9. The van der Waals surface area contributed by atoms with E-state index in [0.717, 1.165) is 6.17 Å². The molecule has 0 atom stereocenters. The number of ether oxygens (including phenoxy) is 1. The summed E-state index contributed by atoms with van der Waals surface area (Å²) in [5.74, 6) is 1.49. The average molecular weight is 254 g/mol. The Hall–Kier alpha value is -2.60. The van der Waals surface area contributed by atoms with E-state index in [-0.39, 0.29) is 6.61 Å². The van der Waals surface area contributed by atoms with Crippen LogP contribution >= 0.6 is 0 Å². The molecule has 1 aromatic carbocycles. The van der Waals surface area contributed by atoms with Gasteiger partial charge in [0.05, 0.1) is 5.56 Å². The molecule has 0 bridgehead atoms. The average Bonchev–Trinajstić information content (AvgIpc) is 3.07. The van der Waals surface area contributed by atoms with Gasteiger partial charge in [0, 0.05) is 0 Å². The molecule has 0 spiro atoms. The van der Waals surface area contributed by atoms with Crippen LogP contribution in [-0.4, -0.2) is 12.6 Å². The van der Waals surface area contributed by atoms with Gasteiger partial charge in [0.2, 0.25) is 0 Å². The van der Waals surface area contributed by atoms with Crippen molar-refractivity contribution in [3.05, 3.63) is 60.2 Å². The van der Waals surface area contributed by atoms with Crippen LogP contribution in [0.15, 0.2) is 54.6 Å². The van der Waals surface area contributed by atoms with Gasteiger partial charge in [-0.2, -0.15) is 0 Å². The van der Waals surface area contributed by atoms with E-state index in [9.17, 15) is 9.18 Å². The van der Waals surface area contributed by atoms with Gasteiger partial charge in [0.25, 0.3) is 0 Å². The third-order valence-electron chi connectivity index (χ3n) is 2.46. The van der Waals surface area contributed by atoms with Crippen LogP contribution in [0.25, 0.3) is 11.1 Å². The molecule has 2 aliphatic rings. The maximum absolute atomic E-state index is 11.3. The van der Waals surface area contributed by atoms with E-state index in [4.69, 9.17) is 0 Å². The first kappa shape index (κ1) is 12.8. The van der Waals surface area contributed by atoms with Crippen molar-refractivity contribution < 1.29 is 13.9 Å². The number of carbonyl (C=O) groups excluding carboxylic acids is 1. The highest BCUT2D eigenvalue weighted by Gasteiger charge is 2.07. The van der Waals surface area contributed by atoms with Crippen molar-refractivity contribution >= 4 is 5.97 Å². The van der Waals surface area contributed by atoms with E-state index in [1.54, 1.807) is 30.3 Å². The fraction of sp³-hybridized carbons (Fsp3) is 0.0625. The van der Waals surface area contributed by atoms with E-state index < -0.39 is 5.97 Å². The zero-order chi connectivity index (χ0) is 13.5. The normalized spacial score (nSPS) is 9.32. The topological polar surface area (TPSA) is 26.3 Å². The van der Waals surface area contributed by atoms with Gasteiger partial charge in [-0.3, -0.25) is 0 Å². The van der Waals surface area contributed by atoms with Gasteiger partial charge in [0.1, 0.15) is 6.17 Å². The lowest BCUT2D eigenvalue weighted by atomic mass is 10.2. The molecule has 94 valence electrons. The lowest BCUT2D eigenvalue weighted by Crippen LogP contribution is -2.04. The van der Waals surface area contributed by atoms with Crippen molar-refractivity contribution in [3.63, 3.8) is 0 Å². The first-order valence-electron chi connectivity index (χ1n) is 5.72. The van der Waals surface area contributed by atoms with Crippen LogP contribution in [0.3, 0.4) is 0 Å². The molecule has 0 N–H and O–H groups in total. The minimum atomic E-state index is -0.497. The highest BCUT2D eigenvalue weighted by atomic mass is 19.1. The fourth-order valence-electron chi connectivity index (χ4n) is 1.46. The van der Waals surface area contributed by atoms with Gasteiger partial charge in [0.15, 0.2) is 6.61 Å². The first-order valence-corrected chi connectivity index (χ1v) is 5.72. The Morgan fingerprint density at radius 2 is 1.74 bits per heavy atom. The van der Waals surface area contributed by atoms with Crippen LogP contribution < -0.4 is 0 Å². The van der Waals surface area contributed by atoms with Crippen molar-refractivity contribution in [2.75, 3.05) is 6.61 Å². The summed E-state index contributed by atoms with van der Waals surface area (Å²) >= 11 is 0. The molecule has 0 amide bonds. The molecule has 0 aromatic heterocycles. The van der Waals surface area contributed by atoms with Crippen LogP contribution in [0, 0.1) is 12.1 Å². The summed E-state index contributed by atoms with van der Waals surface area (Å²) in [7, 11) is 0. The number of hydrogen-bond acceptors (Lipinski definition) is 2. The van der Waals surface area contributed by atoms with Crippen LogP contribution in [-0.2, 0) is 4.74 Å². The summed E-state index contributed by atoms with van der Waals surface area (Å²) in [5, 5.41) is 0. The summed E-state index contributed by atoms with van der Waals surface area (Å²) in [4.78, 5) is 11.1. The summed E-state index contributed by atoms with van der Waals surface area (Å²) < 4.78 is 15.9. The molecule has 2 aliphatic carbocycles. The zero-order valence-corrected chi connectivity index (χ0v) is 10.1. The maximum Gasteiger partial charge on any atom is 0.339 e. The molecule has 2 nitrogen and oxygen atoms in total. The number of rotatable bonds is 2. The Morgan fingerprint density at radius 1 is 1.05 bits per heavy atom. The molecule has 3 rings (SSSR count). The summed E-state index contributed by atoms with van der Waals surface area (Å²) in [5.41, 5.74) is 3.29. The molecular formula is C16H11FO2. The minimum absolute atomic E-state index is 0.218.